The van der Waals surface area contributed by atoms with Crippen molar-refractivity contribution in [1.82, 2.24) is 10.3 Å². The Balaban J connectivity index is 1.29. The van der Waals surface area contributed by atoms with Gasteiger partial charge in [0.2, 0.25) is 0 Å². The number of aromatic nitrogens is 1. The zero-order chi connectivity index (χ0) is 29.4. The number of nitrogens with two attached hydrogens (primary N) is 1. The van der Waals surface area contributed by atoms with Gasteiger partial charge in [-0.3, -0.25) is 4.79 Å². The molecule has 1 amide bonds. The molecule has 216 valence electrons. The van der Waals surface area contributed by atoms with Crippen LogP contribution in [0.15, 0.2) is 78.2 Å². The van der Waals surface area contributed by atoms with Crippen molar-refractivity contribution >= 4 is 17.2 Å². The van der Waals surface area contributed by atoms with Gasteiger partial charge in [0.15, 0.2) is 5.69 Å². The highest BCUT2D eigenvalue weighted by atomic mass is 32.1. The summed E-state index contributed by atoms with van der Waals surface area (Å²) >= 11 is 0.906. The van der Waals surface area contributed by atoms with Crippen molar-refractivity contribution in [3.8, 4) is 27.8 Å². The zero-order valence-electron chi connectivity index (χ0n) is 21.7. The predicted molar refractivity (Wildman–Crippen MR) is 148 cm³/mol. The average Bonchev–Trinajstić information content (AvgIpc) is 3.45. The minimum atomic E-state index is -4.49. The fourth-order valence-corrected chi connectivity index (χ4v) is 4.74. The van der Waals surface area contributed by atoms with Crippen molar-refractivity contribution in [2.45, 2.75) is 24.8 Å². The van der Waals surface area contributed by atoms with E-state index in [-0.39, 0.29) is 35.6 Å². The number of ether oxygens (including phenoxy) is 2. The van der Waals surface area contributed by atoms with E-state index in [0.717, 1.165) is 22.3 Å². The Morgan fingerprint density at radius 3 is 2.39 bits per heavy atom. The summed E-state index contributed by atoms with van der Waals surface area (Å²) in [6, 6.07) is 20.3. The first-order chi connectivity index (χ1) is 19.6. The van der Waals surface area contributed by atoms with E-state index >= 15 is 0 Å². The molecule has 0 saturated carbocycles. The van der Waals surface area contributed by atoms with Crippen LogP contribution in [0.25, 0.3) is 10.6 Å². The van der Waals surface area contributed by atoms with Crippen LogP contribution in [0.4, 0.5) is 13.2 Å². The fraction of sp³-hybridized carbons (Fsp3) is 0.241. The number of aliphatic hydroxyl groups is 1. The Morgan fingerprint density at radius 2 is 1.73 bits per heavy atom. The number of carbonyl (C=O) groups is 1. The van der Waals surface area contributed by atoms with E-state index in [4.69, 9.17) is 15.2 Å². The SMILES string of the molecule is NC(=O)c1cc(OC(CNCC(O)COc2ccc(-c3nc(C(F)(F)F)cs3)cc2)Cc2ccccc2)ccc1O. The summed E-state index contributed by atoms with van der Waals surface area (Å²) in [6.45, 7) is 0.515. The summed E-state index contributed by atoms with van der Waals surface area (Å²) in [4.78, 5) is 15.2. The van der Waals surface area contributed by atoms with Gasteiger partial charge in [0.05, 0.1) is 5.56 Å². The molecule has 1 aromatic heterocycles. The highest BCUT2D eigenvalue weighted by Gasteiger charge is 2.33. The van der Waals surface area contributed by atoms with Gasteiger partial charge in [0, 0.05) is 30.5 Å². The summed E-state index contributed by atoms with van der Waals surface area (Å²) in [7, 11) is 0. The lowest BCUT2D eigenvalue weighted by molar-refractivity contribution is -0.140. The largest absolute Gasteiger partial charge is 0.507 e. The van der Waals surface area contributed by atoms with Crippen LogP contribution in [0.3, 0.4) is 0 Å². The third-order valence-corrected chi connectivity index (χ3v) is 6.82. The number of hydrogen-bond donors (Lipinski definition) is 4. The van der Waals surface area contributed by atoms with E-state index in [1.807, 2.05) is 30.3 Å². The van der Waals surface area contributed by atoms with Gasteiger partial charge in [0.25, 0.3) is 5.91 Å². The van der Waals surface area contributed by atoms with Crippen LogP contribution in [0.1, 0.15) is 21.6 Å². The summed E-state index contributed by atoms with van der Waals surface area (Å²) in [5.74, 6) is -0.205. The molecule has 2 atom stereocenters. The number of hydrogen-bond acceptors (Lipinski definition) is 8. The van der Waals surface area contributed by atoms with Gasteiger partial charge in [-0.05, 0) is 48.0 Å². The van der Waals surface area contributed by atoms with Crippen LogP contribution in [0, 0.1) is 0 Å². The minimum absolute atomic E-state index is 0.0219. The van der Waals surface area contributed by atoms with E-state index in [1.165, 1.54) is 18.2 Å². The van der Waals surface area contributed by atoms with Crippen LogP contribution in [-0.4, -0.2) is 53.0 Å². The highest BCUT2D eigenvalue weighted by Crippen LogP contribution is 2.34. The van der Waals surface area contributed by atoms with Crippen molar-refractivity contribution < 1.29 is 37.7 Å². The number of rotatable bonds is 13. The number of thiazole rings is 1. The number of nitrogens with zero attached hydrogens (tertiary/aromatic N) is 1. The van der Waals surface area contributed by atoms with Gasteiger partial charge in [0.1, 0.15) is 41.1 Å². The Hall–Kier alpha value is -4.13. The van der Waals surface area contributed by atoms with E-state index in [0.29, 0.717) is 30.0 Å². The third kappa shape index (κ3) is 8.68. The molecule has 2 unspecified atom stereocenters. The van der Waals surface area contributed by atoms with Gasteiger partial charge >= 0.3 is 6.18 Å². The maximum atomic E-state index is 12.8. The fourth-order valence-electron chi connectivity index (χ4n) is 3.90. The monoisotopic (exact) mass is 587 g/mol. The first kappa shape index (κ1) is 29.8. The van der Waals surface area contributed by atoms with E-state index in [2.05, 4.69) is 10.3 Å². The first-order valence-electron chi connectivity index (χ1n) is 12.6. The Bertz CT molecular complexity index is 1430. The predicted octanol–water partition coefficient (Wildman–Crippen LogP) is 4.65. The number of alkyl halides is 3. The van der Waals surface area contributed by atoms with Gasteiger partial charge in [-0.2, -0.15) is 13.2 Å². The average molecular weight is 588 g/mol. The Kier molecular flexibility index (Phi) is 9.82. The summed E-state index contributed by atoms with van der Waals surface area (Å²) in [5.41, 5.74) is 5.90. The molecule has 4 rings (SSSR count). The lowest BCUT2D eigenvalue weighted by atomic mass is 10.1. The standard InChI is InChI=1S/C29H28F3N3O5S/c30-29(31,32)26-17-41-28(35-26)19-6-8-21(9-7-19)39-16-20(36)14-34-15-23(12-18-4-2-1-3-5-18)40-22-10-11-25(37)24(13-22)27(33)38/h1-11,13,17,20,23,34,36-37H,12,14-16H2,(H2,33,38). The van der Waals surface area contributed by atoms with Crippen molar-refractivity contribution in [3.63, 3.8) is 0 Å². The summed E-state index contributed by atoms with van der Waals surface area (Å²) < 4.78 is 50.1. The summed E-state index contributed by atoms with van der Waals surface area (Å²) in [5, 5.41) is 24.7. The number of benzene rings is 3. The quantitative estimate of drug-likeness (QED) is 0.179. The molecule has 1 heterocycles. The van der Waals surface area contributed by atoms with Gasteiger partial charge in [-0.1, -0.05) is 30.3 Å². The number of primary amides is 1. The van der Waals surface area contributed by atoms with Gasteiger partial charge < -0.3 is 30.7 Å². The maximum absolute atomic E-state index is 12.8. The van der Waals surface area contributed by atoms with Gasteiger partial charge in [-0.25, -0.2) is 4.98 Å². The molecule has 3 aromatic carbocycles. The highest BCUT2D eigenvalue weighted by molar-refractivity contribution is 7.13. The van der Waals surface area contributed by atoms with E-state index < -0.39 is 23.9 Å². The number of halogens is 3. The van der Waals surface area contributed by atoms with E-state index in [9.17, 15) is 28.2 Å². The molecule has 0 aliphatic heterocycles. The zero-order valence-corrected chi connectivity index (χ0v) is 22.5. The third-order valence-electron chi connectivity index (χ3n) is 5.93. The molecule has 5 N–H and O–H groups in total. The van der Waals surface area contributed by atoms with Gasteiger partial charge in [-0.15, -0.1) is 11.3 Å². The molecule has 0 aliphatic carbocycles. The van der Waals surface area contributed by atoms with Crippen molar-refractivity contribution in [2.75, 3.05) is 19.7 Å². The van der Waals surface area contributed by atoms with Crippen LogP contribution >= 0.6 is 11.3 Å². The summed E-state index contributed by atoms with van der Waals surface area (Å²) in [6.07, 6.45) is -5.21. The molecule has 8 nitrogen and oxygen atoms in total. The lowest BCUT2D eigenvalue weighted by Crippen LogP contribution is -2.38. The molecule has 0 aliphatic rings. The second-order valence-corrected chi connectivity index (χ2v) is 10.0. The second-order valence-electron chi connectivity index (χ2n) is 9.16. The molecular formula is C29H28F3N3O5S. The number of phenols is 1. The van der Waals surface area contributed by atoms with Crippen molar-refractivity contribution in [1.29, 1.82) is 0 Å². The molecular weight excluding hydrogens is 559 g/mol. The molecule has 0 saturated heterocycles. The lowest BCUT2D eigenvalue weighted by Gasteiger charge is -2.21. The first-order valence-corrected chi connectivity index (χ1v) is 13.4. The van der Waals surface area contributed by atoms with E-state index in [1.54, 1.807) is 24.3 Å². The van der Waals surface area contributed by atoms with Crippen LogP contribution in [-0.2, 0) is 12.6 Å². The van der Waals surface area contributed by atoms with Crippen molar-refractivity contribution in [3.05, 3.63) is 95.0 Å². The topological polar surface area (TPSA) is 127 Å². The molecule has 4 aromatic rings. The smallest absolute Gasteiger partial charge is 0.434 e. The molecule has 41 heavy (non-hydrogen) atoms. The number of carbonyl (C=O) groups excluding carboxylic acids is 1. The molecule has 12 heteroatoms. The minimum Gasteiger partial charge on any atom is -0.507 e. The molecule has 0 fully saturated rings. The number of aliphatic hydroxyl groups excluding tert-OH is 1. The van der Waals surface area contributed by atoms with Crippen LogP contribution in [0.5, 0.6) is 17.2 Å². The van der Waals surface area contributed by atoms with Crippen LogP contribution in [0.2, 0.25) is 0 Å². The molecule has 0 radical (unpaired) electrons. The maximum Gasteiger partial charge on any atom is 0.434 e. The number of nitrogens with one attached hydrogen (secondary N) is 1. The second kappa shape index (κ2) is 13.5. The number of aromatic hydroxyl groups is 1. The Labute approximate surface area is 238 Å². The van der Waals surface area contributed by atoms with Crippen LogP contribution < -0.4 is 20.5 Å². The normalized spacial score (nSPS) is 13.0. The molecule has 0 bridgehead atoms. The Morgan fingerprint density at radius 1 is 1.02 bits per heavy atom. The number of amides is 1. The molecule has 0 spiro atoms. The van der Waals surface area contributed by atoms with Crippen molar-refractivity contribution in [2.24, 2.45) is 5.73 Å².